The molecule has 1 amide bonds. The number of nitrogens with zero attached hydrogens (tertiary/aromatic N) is 3. The second-order valence-corrected chi connectivity index (χ2v) is 8.00. The molecule has 0 aliphatic carbocycles. The Hall–Kier alpha value is -2.84. The molecule has 1 fully saturated rings. The van der Waals surface area contributed by atoms with E-state index in [9.17, 15) is 13.6 Å². The van der Waals surface area contributed by atoms with Gasteiger partial charge in [0.05, 0.1) is 5.56 Å². The molecule has 0 radical (unpaired) electrons. The predicted octanol–water partition coefficient (Wildman–Crippen LogP) is 4.05. The van der Waals surface area contributed by atoms with Crippen molar-refractivity contribution in [2.24, 2.45) is 0 Å². The lowest BCUT2D eigenvalue weighted by Crippen LogP contribution is -2.47. The van der Waals surface area contributed by atoms with Crippen LogP contribution in [0.5, 0.6) is 5.75 Å². The molecule has 1 aliphatic heterocycles. The van der Waals surface area contributed by atoms with Crippen LogP contribution in [0.15, 0.2) is 47.8 Å². The molecular formula is C22H21F2N3O2S. The van der Waals surface area contributed by atoms with Crippen molar-refractivity contribution in [3.63, 3.8) is 0 Å². The highest BCUT2D eigenvalue weighted by Gasteiger charge is 2.22. The number of carbonyl (C=O) groups is 1. The number of halogens is 2. The minimum atomic E-state index is -0.632. The lowest BCUT2D eigenvalue weighted by molar-refractivity contribution is 0.0659. The van der Waals surface area contributed by atoms with Crippen LogP contribution in [0, 0.1) is 11.6 Å². The Bertz CT molecular complexity index is 1010. The number of amides is 1. The van der Waals surface area contributed by atoms with Crippen LogP contribution in [0.25, 0.3) is 10.6 Å². The summed E-state index contributed by atoms with van der Waals surface area (Å²) in [7, 11) is 2.04. The minimum Gasteiger partial charge on any atom is -0.489 e. The number of ether oxygens (including phenoxy) is 1. The molecule has 156 valence electrons. The Labute approximate surface area is 177 Å². The third kappa shape index (κ3) is 4.49. The first-order valence-corrected chi connectivity index (χ1v) is 10.5. The monoisotopic (exact) mass is 429 g/mol. The standard InChI is InChI=1S/C22H21F2N3O2S/c1-26-9-11-27(12-10-26)22(28)20-14-30-21(25-20)15-5-7-16(8-6-15)29-13-17-18(23)3-2-4-19(17)24/h2-8,14H,9-13H2,1H3. The molecule has 0 saturated carbocycles. The summed E-state index contributed by atoms with van der Waals surface area (Å²) in [4.78, 5) is 21.2. The summed E-state index contributed by atoms with van der Waals surface area (Å²) in [5.74, 6) is -0.817. The maximum Gasteiger partial charge on any atom is 0.273 e. The van der Waals surface area contributed by atoms with Crippen molar-refractivity contribution in [1.82, 2.24) is 14.8 Å². The van der Waals surface area contributed by atoms with E-state index in [0.717, 1.165) is 23.7 Å². The van der Waals surface area contributed by atoms with Crippen molar-refractivity contribution < 1.29 is 18.3 Å². The van der Waals surface area contributed by atoms with Crippen LogP contribution in [-0.2, 0) is 6.61 Å². The summed E-state index contributed by atoms with van der Waals surface area (Å²) in [5, 5.41) is 2.51. The van der Waals surface area contributed by atoms with Crippen molar-refractivity contribution in [1.29, 1.82) is 0 Å². The van der Waals surface area contributed by atoms with Crippen LogP contribution >= 0.6 is 11.3 Å². The number of benzene rings is 2. The average molecular weight is 429 g/mol. The third-order valence-corrected chi connectivity index (χ3v) is 5.95. The Morgan fingerprint density at radius 2 is 1.73 bits per heavy atom. The molecule has 1 aromatic heterocycles. The van der Waals surface area contributed by atoms with Gasteiger partial charge in [-0.05, 0) is 43.4 Å². The van der Waals surface area contributed by atoms with Gasteiger partial charge in [-0.3, -0.25) is 4.79 Å². The summed E-state index contributed by atoms with van der Waals surface area (Å²) in [6.07, 6.45) is 0. The highest BCUT2D eigenvalue weighted by Crippen LogP contribution is 2.27. The zero-order valence-corrected chi connectivity index (χ0v) is 17.3. The Balaban J connectivity index is 1.40. The highest BCUT2D eigenvalue weighted by atomic mass is 32.1. The van der Waals surface area contributed by atoms with E-state index >= 15 is 0 Å². The maximum absolute atomic E-state index is 13.7. The van der Waals surface area contributed by atoms with Gasteiger partial charge in [-0.1, -0.05) is 6.07 Å². The Morgan fingerprint density at radius 1 is 1.07 bits per heavy atom. The van der Waals surface area contributed by atoms with Crippen molar-refractivity contribution in [3.8, 4) is 16.3 Å². The zero-order chi connectivity index (χ0) is 21.1. The van der Waals surface area contributed by atoms with E-state index < -0.39 is 11.6 Å². The number of thiazole rings is 1. The molecule has 0 bridgehead atoms. The lowest BCUT2D eigenvalue weighted by atomic mass is 10.2. The van der Waals surface area contributed by atoms with Gasteiger partial charge in [0.15, 0.2) is 0 Å². The van der Waals surface area contributed by atoms with Gasteiger partial charge in [-0.2, -0.15) is 0 Å². The third-order valence-electron chi connectivity index (χ3n) is 5.06. The number of carbonyl (C=O) groups excluding carboxylic acids is 1. The number of piperazine rings is 1. The topological polar surface area (TPSA) is 45.7 Å². The van der Waals surface area contributed by atoms with Crippen molar-refractivity contribution in [2.75, 3.05) is 33.2 Å². The fraction of sp³-hybridized carbons (Fsp3) is 0.273. The molecule has 4 rings (SSSR count). The van der Waals surface area contributed by atoms with E-state index in [0.29, 0.717) is 24.5 Å². The fourth-order valence-corrected chi connectivity index (χ4v) is 4.00. The number of hydrogen-bond acceptors (Lipinski definition) is 5. The highest BCUT2D eigenvalue weighted by molar-refractivity contribution is 7.13. The second kappa shape index (κ2) is 8.89. The Kier molecular flexibility index (Phi) is 6.06. The molecule has 0 N–H and O–H groups in total. The molecule has 3 aromatic rings. The van der Waals surface area contributed by atoms with E-state index in [1.807, 2.05) is 24.1 Å². The summed E-state index contributed by atoms with van der Waals surface area (Å²) in [6, 6.07) is 10.8. The second-order valence-electron chi connectivity index (χ2n) is 7.15. The summed E-state index contributed by atoms with van der Waals surface area (Å²) in [5.41, 5.74) is 1.20. The smallest absolute Gasteiger partial charge is 0.273 e. The quantitative estimate of drug-likeness (QED) is 0.614. The van der Waals surface area contributed by atoms with Crippen LogP contribution in [0.3, 0.4) is 0 Å². The molecule has 30 heavy (non-hydrogen) atoms. The molecule has 8 heteroatoms. The zero-order valence-electron chi connectivity index (χ0n) is 16.5. The molecule has 1 saturated heterocycles. The Morgan fingerprint density at radius 3 is 2.40 bits per heavy atom. The van der Waals surface area contributed by atoms with E-state index in [-0.39, 0.29) is 18.1 Å². The predicted molar refractivity (Wildman–Crippen MR) is 112 cm³/mol. The molecule has 1 aliphatic rings. The normalized spacial score (nSPS) is 14.7. The van der Waals surface area contributed by atoms with Crippen molar-refractivity contribution in [3.05, 3.63) is 70.7 Å². The van der Waals surface area contributed by atoms with Crippen molar-refractivity contribution in [2.45, 2.75) is 6.61 Å². The molecule has 0 atom stereocenters. The molecule has 0 spiro atoms. The minimum absolute atomic E-state index is 0.0440. The molecule has 0 unspecified atom stereocenters. The van der Waals surface area contributed by atoms with Crippen LogP contribution < -0.4 is 4.74 Å². The number of hydrogen-bond donors (Lipinski definition) is 0. The van der Waals surface area contributed by atoms with E-state index in [1.165, 1.54) is 29.5 Å². The van der Waals surface area contributed by atoms with Crippen LogP contribution in [0.2, 0.25) is 0 Å². The maximum atomic E-state index is 13.7. The van der Waals surface area contributed by atoms with E-state index in [4.69, 9.17) is 4.74 Å². The van der Waals surface area contributed by atoms with Gasteiger partial charge in [-0.25, -0.2) is 13.8 Å². The summed E-state index contributed by atoms with van der Waals surface area (Å²) < 4.78 is 32.9. The first-order valence-electron chi connectivity index (χ1n) is 9.61. The van der Waals surface area contributed by atoms with Gasteiger partial charge < -0.3 is 14.5 Å². The van der Waals surface area contributed by atoms with Crippen LogP contribution in [-0.4, -0.2) is 53.9 Å². The van der Waals surface area contributed by atoms with Gasteiger partial charge in [0, 0.05) is 37.1 Å². The number of likely N-dealkylation sites (N-methyl/N-ethyl adjacent to an activating group) is 1. The van der Waals surface area contributed by atoms with Gasteiger partial charge in [0.1, 0.15) is 34.7 Å². The number of rotatable bonds is 5. The molecular weight excluding hydrogens is 408 g/mol. The van der Waals surface area contributed by atoms with Gasteiger partial charge >= 0.3 is 0 Å². The first kappa shape index (κ1) is 20.4. The largest absolute Gasteiger partial charge is 0.489 e. The van der Waals surface area contributed by atoms with Gasteiger partial charge in [0.2, 0.25) is 0 Å². The van der Waals surface area contributed by atoms with E-state index in [2.05, 4.69) is 9.88 Å². The SMILES string of the molecule is CN1CCN(C(=O)c2csc(-c3ccc(OCc4c(F)cccc4F)cc3)n2)CC1. The van der Waals surface area contributed by atoms with E-state index in [1.54, 1.807) is 17.5 Å². The van der Waals surface area contributed by atoms with Gasteiger partial charge in [0.25, 0.3) is 5.91 Å². The summed E-state index contributed by atoms with van der Waals surface area (Å²) >= 11 is 1.41. The molecule has 2 aromatic carbocycles. The van der Waals surface area contributed by atoms with Crippen LogP contribution in [0.1, 0.15) is 16.1 Å². The fourth-order valence-electron chi connectivity index (χ4n) is 3.20. The average Bonchev–Trinajstić information content (AvgIpc) is 3.24. The summed E-state index contributed by atoms with van der Waals surface area (Å²) in [6.45, 7) is 2.94. The van der Waals surface area contributed by atoms with Gasteiger partial charge in [-0.15, -0.1) is 11.3 Å². The number of aromatic nitrogens is 1. The van der Waals surface area contributed by atoms with Crippen LogP contribution in [0.4, 0.5) is 8.78 Å². The molecule has 2 heterocycles. The first-order chi connectivity index (χ1) is 14.5. The van der Waals surface area contributed by atoms with Crippen molar-refractivity contribution >= 4 is 17.2 Å². The lowest BCUT2D eigenvalue weighted by Gasteiger charge is -2.31. The molecule has 5 nitrogen and oxygen atoms in total.